The first-order chi connectivity index (χ1) is 18.9. The highest BCUT2D eigenvalue weighted by atomic mass is 16.5. The van der Waals surface area contributed by atoms with E-state index in [9.17, 15) is 4.79 Å². The topological polar surface area (TPSA) is 35.5 Å². The van der Waals surface area contributed by atoms with Gasteiger partial charge in [-0.1, -0.05) is 114 Å². The van der Waals surface area contributed by atoms with Gasteiger partial charge in [-0.2, -0.15) is 0 Å². The number of rotatable bonds is 22. The number of benzene rings is 2. The molecule has 0 heterocycles. The molecule has 0 radical (unpaired) electrons. The largest absolute Gasteiger partial charge is 0.494 e. The molecule has 0 aliphatic heterocycles. The standard InChI is InChI=1S/C35H56NO3/c1-5-6-7-8-9-10-11-12-13-14-16-22-32-25-21-26-34(29-32)38-27-19-20-28-39-35(37)31(2)36(3,4)30-33-23-17-15-18-24-33/h15,17-18,21,23-26,29,31H,5-14,16,19-20,22,27-28,30H2,1-4H3/q+1. The average molecular weight is 539 g/mol. The molecule has 4 heteroatoms. The number of likely N-dealkylation sites (N-methyl/N-ethyl adjacent to an activating group) is 1. The summed E-state index contributed by atoms with van der Waals surface area (Å²) >= 11 is 0. The van der Waals surface area contributed by atoms with Crippen molar-refractivity contribution in [2.45, 2.75) is 116 Å². The van der Waals surface area contributed by atoms with Crippen LogP contribution in [0.2, 0.25) is 0 Å². The third-order valence-electron chi connectivity index (χ3n) is 7.84. The van der Waals surface area contributed by atoms with E-state index in [4.69, 9.17) is 9.47 Å². The van der Waals surface area contributed by atoms with Crippen molar-refractivity contribution in [2.75, 3.05) is 27.3 Å². The molecule has 1 atom stereocenters. The van der Waals surface area contributed by atoms with Crippen molar-refractivity contribution in [3.8, 4) is 5.75 Å². The van der Waals surface area contributed by atoms with Gasteiger partial charge in [0.05, 0.1) is 27.3 Å². The molecule has 0 fully saturated rings. The molecule has 0 aliphatic carbocycles. The number of hydrogen-bond donors (Lipinski definition) is 0. The third kappa shape index (κ3) is 14.6. The SMILES string of the molecule is CCCCCCCCCCCCCc1cccc(OCCCCOC(=O)C(C)[N+](C)(C)Cc2ccccc2)c1. The fraction of sp³-hybridized carbons (Fsp3) is 0.629. The fourth-order valence-electron chi connectivity index (χ4n) is 4.95. The van der Waals surface area contributed by atoms with Gasteiger partial charge in [-0.3, -0.25) is 0 Å². The van der Waals surface area contributed by atoms with Crippen LogP contribution in [0.1, 0.15) is 108 Å². The second kappa shape index (κ2) is 19.7. The Labute approximate surface area is 239 Å². The van der Waals surface area contributed by atoms with Crippen molar-refractivity contribution in [1.82, 2.24) is 0 Å². The highest BCUT2D eigenvalue weighted by molar-refractivity contribution is 5.74. The number of esters is 1. The first-order valence-corrected chi connectivity index (χ1v) is 15.7. The molecule has 0 amide bonds. The monoisotopic (exact) mass is 538 g/mol. The summed E-state index contributed by atoms with van der Waals surface area (Å²) in [7, 11) is 4.16. The van der Waals surface area contributed by atoms with Crippen LogP contribution in [0.25, 0.3) is 0 Å². The van der Waals surface area contributed by atoms with Crippen LogP contribution in [0.15, 0.2) is 54.6 Å². The number of aryl methyl sites for hydroxylation is 1. The fourth-order valence-corrected chi connectivity index (χ4v) is 4.95. The van der Waals surface area contributed by atoms with E-state index in [2.05, 4.69) is 51.4 Å². The van der Waals surface area contributed by atoms with Crippen molar-refractivity contribution < 1.29 is 18.8 Å². The predicted molar refractivity (Wildman–Crippen MR) is 164 cm³/mol. The van der Waals surface area contributed by atoms with Crippen LogP contribution in [0.4, 0.5) is 0 Å². The Bertz CT molecular complexity index is 896. The van der Waals surface area contributed by atoms with E-state index in [0.717, 1.165) is 31.6 Å². The van der Waals surface area contributed by atoms with Crippen LogP contribution >= 0.6 is 0 Å². The zero-order chi connectivity index (χ0) is 28.2. The highest BCUT2D eigenvalue weighted by Crippen LogP contribution is 2.18. The zero-order valence-electron chi connectivity index (χ0n) is 25.5. The predicted octanol–water partition coefficient (Wildman–Crippen LogP) is 8.91. The molecule has 0 bridgehead atoms. The summed E-state index contributed by atoms with van der Waals surface area (Å²) in [4.78, 5) is 12.6. The normalized spacial score (nSPS) is 12.3. The lowest BCUT2D eigenvalue weighted by molar-refractivity contribution is -0.917. The van der Waals surface area contributed by atoms with Crippen LogP contribution in [0.3, 0.4) is 0 Å². The smallest absolute Gasteiger partial charge is 0.364 e. The maximum Gasteiger partial charge on any atom is 0.364 e. The summed E-state index contributed by atoms with van der Waals surface area (Å²) in [5.74, 6) is 0.813. The van der Waals surface area contributed by atoms with E-state index in [1.165, 1.54) is 81.8 Å². The molecule has 0 saturated heterocycles. The highest BCUT2D eigenvalue weighted by Gasteiger charge is 2.32. The maximum absolute atomic E-state index is 12.6. The Balaban J connectivity index is 1.52. The van der Waals surface area contributed by atoms with Crippen LogP contribution in [0, 0.1) is 0 Å². The number of hydrogen-bond acceptors (Lipinski definition) is 3. The van der Waals surface area contributed by atoms with Crippen molar-refractivity contribution in [3.63, 3.8) is 0 Å². The molecule has 0 aliphatic rings. The summed E-state index contributed by atoms with van der Waals surface area (Å²) in [5, 5.41) is 0. The van der Waals surface area contributed by atoms with Gasteiger partial charge >= 0.3 is 5.97 Å². The van der Waals surface area contributed by atoms with Gasteiger partial charge in [0.1, 0.15) is 12.3 Å². The quantitative estimate of drug-likeness (QED) is 0.0853. The lowest BCUT2D eigenvalue weighted by Crippen LogP contribution is -2.51. The third-order valence-corrected chi connectivity index (χ3v) is 7.84. The Morgan fingerprint density at radius 1 is 0.718 bits per heavy atom. The number of nitrogens with zero attached hydrogens (tertiary/aromatic N) is 1. The molecule has 0 N–H and O–H groups in total. The first-order valence-electron chi connectivity index (χ1n) is 15.7. The van der Waals surface area contributed by atoms with Crippen molar-refractivity contribution in [3.05, 3.63) is 65.7 Å². The summed E-state index contributed by atoms with van der Waals surface area (Å²) < 4.78 is 12.2. The van der Waals surface area contributed by atoms with Gasteiger partial charge in [0.15, 0.2) is 6.04 Å². The van der Waals surface area contributed by atoms with Gasteiger partial charge in [0.2, 0.25) is 0 Å². The second-order valence-corrected chi connectivity index (χ2v) is 11.8. The average Bonchev–Trinajstić information content (AvgIpc) is 2.93. The lowest BCUT2D eigenvalue weighted by Gasteiger charge is -2.34. The van der Waals surface area contributed by atoms with Gasteiger partial charge < -0.3 is 14.0 Å². The van der Waals surface area contributed by atoms with Crippen molar-refractivity contribution in [1.29, 1.82) is 0 Å². The number of unbranched alkanes of at least 4 members (excludes halogenated alkanes) is 11. The van der Waals surface area contributed by atoms with Crippen LogP contribution < -0.4 is 4.74 Å². The Morgan fingerprint density at radius 3 is 1.97 bits per heavy atom. The molecule has 0 aromatic heterocycles. The van der Waals surface area contributed by atoms with Crippen LogP contribution in [-0.2, 0) is 22.5 Å². The molecule has 2 aromatic carbocycles. The van der Waals surface area contributed by atoms with E-state index >= 15 is 0 Å². The lowest BCUT2D eigenvalue weighted by atomic mass is 10.0. The van der Waals surface area contributed by atoms with Crippen molar-refractivity contribution in [2.24, 2.45) is 0 Å². The molecular formula is C35H56NO3+. The molecule has 2 rings (SSSR count). The number of quaternary nitrogens is 1. The Kier molecular flexibility index (Phi) is 16.6. The van der Waals surface area contributed by atoms with E-state index in [0.29, 0.717) is 17.7 Å². The van der Waals surface area contributed by atoms with Gasteiger partial charge in [0, 0.05) is 5.56 Å². The van der Waals surface area contributed by atoms with E-state index in [-0.39, 0.29) is 12.0 Å². The Morgan fingerprint density at radius 2 is 1.31 bits per heavy atom. The van der Waals surface area contributed by atoms with Gasteiger partial charge in [0.25, 0.3) is 0 Å². The zero-order valence-corrected chi connectivity index (χ0v) is 25.5. The number of carbonyl (C=O) groups excluding carboxylic acids is 1. The van der Waals surface area contributed by atoms with Gasteiger partial charge in [-0.25, -0.2) is 4.79 Å². The number of ether oxygens (including phenoxy) is 2. The molecular weight excluding hydrogens is 482 g/mol. The molecule has 4 nitrogen and oxygen atoms in total. The summed E-state index contributed by atoms with van der Waals surface area (Å²) in [5.41, 5.74) is 2.59. The van der Waals surface area contributed by atoms with Gasteiger partial charge in [-0.15, -0.1) is 0 Å². The minimum Gasteiger partial charge on any atom is -0.494 e. The van der Waals surface area contributed by atoms with E-state index in [1.807, 2.05) is 31.2 Å². The minimum absolute atomic E-state index is 0.132. The summed E-state index contributed by atoms with van der Waals surface area (Å²) in [6.07, 6.45) is 17.9. The molecule has 0 spiro atoms. The summed E-state index contributed by atoms with van der Waals surface area (Å²) in [6.45, 7) is 6.12. The minimum atomic E-state index is -0.218. The first kappa shape index (κ1) is 32.9. The maximum atomic E-state index is 12.6. The molecule has 0 saturated carbocycles. The molecule has 39 heavy (non-hydrogen) atoms. The second-order valence-electron chi connectivity index (χ2n) is 11.8. The van der Waals surface area contributed by atoms with Crippen molar-refractivity contribution >= 4 is 5.97 Å². The van der Waals surface area contributed by atoms with Crippen LogP contribution in [-0.4, -0.2) is 43.8 Å². The number of carbonyl (C=O) groups is 1. The van der Waals surface area contributed by atoms with E-state index < -0.39 is 0 Å². The molecule has 1 unspecified atom stereocenters. The summed E-state index contributed by atoms with van der Waals surface area (Å²) in [6, 6.07) is 18.6. The van der Waals surface area contributed by atoms with Crippen LogP contribution in [0.5, 0.6) is 5.75 Å². The Hall–Kier alpha value is -2.33. The molecule has 2 aromatic rings. The molecule has 218 valence electrons. The van der Waals surface area contributed by atoms with Gasteiger partial charge in [-0.05, 0) is 50.3 Å². The van der Waals surface area contributed by atoms with E-state index in [1.54, 1.807) is 0 Å².